The molecule has 1 saturated heterocycles. The molecule has 80 valence electrons. The molecule has 0 aliphatic carbocycles. The number of hydrogen-bond acceptors (Lipinski definition) is 4. The summed E-state index contributed by atoms with van der Waals surface area (Å²) < 4.78 is 0. The van der Waals surface area contributed by atoms with E-state index in [2.05, 4.69) is 40.8 Å². The molecular weight excluding hydrogens is 176 g/mol. The zero-order valence-corrected chi connectivity index (χ0v) is 9.01. The minimum absolute atomic E-state index is 0.216. The lowest BCUT2D eigenvalue weighted by atomic mass is 10.0. The van der Waals surface area contributed by atoms with Crippen LogP contribution in [0, 0.1) is 0 Å². The molecule has 0 saturated carbocycles. The molecule has 0 aromatic rings. The number of rotatable bonds is 1. The fourth-order valence-corrected chi connectivity index (χ4v) is 2.13. The van der Waals surface area contributed by atoms with Crippen LogP contribution in [0.4, 0.5) is 0 Å². The van der Waals surface area contributed by atoms with Crippen molar-refractivity contribution < 1.29 is 0 Å². The van der Waals surface area contributed by atoms with E-state index < -0.39 is 0 Å². The predicted octanol–water partition coefficient (Wildman–Crippen LogP) is -0.340. The van der Waals surface area contributed by atoms with Crippen molar-refractivity contribution in [2.75, 3.05) is 26.2 Å². The fourth-order valence-electron chi connectivity index (χ4n) is 2.13. The number of nitrogens with one attached hydrogen (secondary N) is 3. The first-order valence-corrected chi connectivity index (χ1v) is 5.32. The van der Waals surface area contributed by atoms with Crippen LogP contribution in [0.2, 0.25) is 0 Å². The van der Waals surface area contributed by atoms with Crippen LogP contribution >= 0.6 is 0 Å². The molecule has 0 amide bonds. The molecule has 0 spiro atoms. The Labute approximate surface area is 85.7 Å². The van der Waals surface area contributed by atoms with Gasteiger partial charge in [0.1, 0.15) is 6.29 Å². The zero-order chi connectivity index (χ0) is 10.0. The Morgan fingerprint density at radius 3 is 2.93 bits per heavy atom. The van der Waals surface area contributed by atoms with Crippen molar-refractivity contribution in [3.05, 3.63) is 12.3 Å². The van der Waals surface area contributed by atoms with Gasteiger partial charge in [0.05, 0.1) is 0 Å². The molecule has 3 N–H and O–H groups in total. The van der Waals surface area contributed by atoms with Gasteiger partial charge in [-0.25, -0.2) is 0 Å². The first-order valence-electron chi connectivity index (χ1n) is 5.32. The maximum absolute atomic E-state index is 3.44. The molecule has 2 heterocycles. The smallest absolute Gasteiger partial charge is 0.135 e. The summed E-state index contributed by atoms with van der Waals surface area (Å²) in [4.78, 5) is 2.48. The Balaban J connectivity index is 2.03. The van der Waals surface area contributed by atoms with Crippen LogP contribution in [0.25, 0.3) is 0 Å². The van der Waals surface area contributed by atoms with Gasteiger partial charge in [-0.3, -0.25) is 10.2 Å². The van der Waals surface area contributed by atoms with E-state index in [9.17, 15) is 0 Å². The van der Waals surface area contributed by atoms with E-state index in [0.717, 1.165) is 26.2 Å². The molecule has 1 unspecified atom stereocenters. The van der Waals surface area contributed by atoms with E-state index in [1.165, 1.54) is 0 Å². The van der Waals surface area contributed by atoms with Crippen molar-refractivity contribution in [2.24, 2.45) is 0 Å². The Kier molecular flexibility index (Phi) is 2.76. The van der Waals surface area contributed by atoms with Crippen molar-refractivity contribution in [1.29, 1.82) is 0 Å². The van der Waals surface area contributed by atoms with Crippen LogP contribution < -0.4 is 16.0 Å². The van der Waals surface area contributed by atoms with E-state index in [1.54, 1.807) is 0 Å². The fraction of sp³-hybridized carbons (Fsp3) is 0.800. The molecular formula is C10H20N4. The molecule has 1 atom stereocenters. The van der Waals surface area contributed by atoms with E-state index in [-0.39, 0.29) is 11.8 Å². The lowest BCUT2D eigenvalue weighted by molar-refractivity contribution is 0.0196. The van der Waals surface area contributed by atoms with E-state index in [0.29, 0.717) is 0 Å². The minimum Gasteiger partial charge on any atom is -0.364 e. The summed E-state index contributed by atoms with van der Waals surface area (Å²) in [5.41, 5.74) is 0.216. The van der Waals surface area contributed by atoms with Gasteiger partial charge in [-0.2, -0.15) is 0 Å². The Bertz CT molecular complexity index is 224. The minimum atomic E-state index is 0.216. The Hall–Kier alpha value is -0.580. The van der Waals surface area contributed by atoms with Crippen molar-refractivity contribution in [3.63, 3.8) is 0 Å². The molecule has 2 aliphatic rings. The van der Waals surface area contributed by atoms with E-state index in [4.69, 9.17) is 0 Å². The first-order chi connectivity index (χ1) is 6.70. The molecule has 2 aliphatic heterocycles. The third kappa shape index (κ3) is 1.92. The summed E-state index contributed by atoms with van der Waals surface area (Å²) in [5.74, 6) is 0. The quantitative estimate of drug-likeness (QED) is 0.536. The van der Waals surface area contributed by atoms with Crippen LogP contribution in [-0.4, -0.2) is 42.9 Å². The van der Waals surface area contributed by atoms with Gasteiger partial charge < -0.3 is 10.6 Å². The van der Waals surface area contributed by atoms with Gasteiger partial charge >= 0.3 is 0 Å². The highest BCUT2D eigenvalue weighted by Gasteiger charge is 2.34. The van der Waals surface area contributed by atoms with Crippen molar-refractivity contribution in [1.82, 2.24) is 20.9 Å². The standard InChI is InChI=1S/C10H20N4/c1-10(2)8-11-6-7-14(10)9-12-4-3-5-13-9/h3-4,9,11-13H,5-8H2,1-2H3. The van der Waals surface area contributed by atoms with Gasteiger partial charge in [0.2, 0.25) is 0 Å². The van der Waals surface area contributed by atoms with Crippen LogP contribution in [0.5, 0.6) is 0 Å². The molecule has 2 rings (SSSR count). The predicted molar refractivity (Wildman–Crippen MR) is 57.7 cm³/mol. The maximum atomic E-state index is 3.44. The second-order valence-electron chi connectivity index (χ2n) is 4.56. The molecule has 0 radical (unpaired) electrons. The van der Waals surface area contributed by atoms with Crippen molar-refractivity contribution in [3.8, 4) is 0 Å². The highest BCUT2D eigenvalue weighted by Crippen LogP contribution is 2.17. The summed E-state index contributed by atoms with van der Waals surface area (Å²) in [6.45, 7) is 8.73. The first kappa shape index (κ1) is 9.96. The number of nitrogens with zero attached hydrogens (tertiary/aromatic N) is 1. The van der Waals surface area contributed by atoms with E-state index in [1.807, 2.05) is 6.20 Å². The summed E-state index contributed by atoms with van der Waals surface area (Å²) in [6, 6.07) is 0. The number of piperazine rings is 1. The lowest BCUT2D eigenvalue weighted by Gasteiger charge is -2.47. The molecule has 0 aromatic heterocycles. The number of hydrogen-bond donors (Lipinski definition) is 3. The summed E-state index contributed by atoms with van der Waals surface area (Å²) >= 11 is 0. The van der Waals surface area contributed by atoms with Crippen molar-refractivity contribution >= 4 is 0 Å². The largest absolute Gasteiger partial charge is 0.364 e. The summed E-state index contributed by atoms with van der Waals surface area (Å²) in [7, 11) is 0. The average Bonchev–Trinajstić information content (AvgIpc) is 2.18. The average molecular weight is 196 g/mol. The van der Waals surface area contributed by atoms with Gasteiger partial charge in [-0.1, -0.05) is 6.08 Å². The van der Waals surface area contributed by atoms with Crippen LogP contribution in [0.15, 0.2) is 12.3 Å². The van der Waals surface area contributed by atoms with Gasteiger partial charge in [0, 0.05) is 31.7 Å². The van der Waals surface area contributed by atoms with Crippen molar-refractivity contribution in [2.45, 2.75) is 25.7 Å². The third-order valence-electron chi connectivity index (χ3n) is 2.98. The molecule has 1 fully saturated rings. The van der Waals surface area contributed by atoms with Gasteiger partial charge in [-0.05, 0) is 20.0 Å². The van der Waals surface area contributed by atoms with E-state index >= 15 is 0 Å². The normalized spacial score (nSPS) is 32.6. The van der Waals surface area contributed by atoms with Gasteiger partial charge in [-0.15, -0.1) is 0 Å². The molecule has 4 heteroatoms. The lowest BCUT2D eigenvalue weighted by Crippen LogP contribution is -2.68. The molecule has 0 aromatic carbocycles. The monoisotopic (exact) mass is 196 g/mol. The van der Waals surface area contributed by atoms with Crippen LogP contribution in [0.3, 0.4) is 0 Å². The molecule has 0 bridgehead atoms. The highest BCUT2D eigenvalue weighted by molar-refractivity contribution is 4.96. The van der Waals surface area contributed by atoms with Gasteiger partial charge in [0.25, 0.3) is 0 Å². The zero-order valence-electron chi connectivity index (χ0n) is 9.01. The Morgan fingerprint density at radius 2 is 2.29 bits per heavy atom. The van der Waals surface area contributed by atoms with Crippen LogP contribution in [0.1, 0.15) is 13.8 Å². The second kappa shape index (κ2) is 3.88. The Morgan fingerprint density at radius 1 is 1.43 bits per heavy atom. The third-order valence-corrected chi connectivity index (χ3v) is 2.98. The summed E-state index contributed by atoms with van der Waals surface area (Å²) in [5, 5.41) is 10.2. The molecule has 14 heavy (non-hydrogen) atoms. The van der Waals surface area contributed by atoms with Gasteiger partial charge in [0.15, 0.2) is 0 Å². The maximum Gasteiger partial charge on any atom is 0.135 e. The topological polar surface area (TPSA) is 39.3 Å². The highest BCUT2D eigenvalue weighted by atomic mass is 15.4. The summed E-state index contributed by atoms with van der Waals surface area (Å²) in [6.07, 6.45) is 4.43. The van der Waals surface area contributed by atoms with Crippen LogP contribution in [-0.2, 0) is 0 Å². The SMILES string of the molecule is CC1(C)CNCCN1C1NC=CCN1. The second-order valence-corrected chi connectivity index (χ2v) is 4.56. The molecule has 4 nitrogen and oxygen atoms in total.